The third-order valence-corrected chi connectivity index (χ3v) is 0. The van der Waals surface area contributed by atoms with Crippen molar-refractivity contribution >= 4 is 35.2 Å². The SMILES string of the molecule is [Cl-].[Cl-].[Cl-].[Cl-].[Cl-].[Cl-].[Ge+4].[Ge+4]. The molecule has 0 radical (unpaired) electrons. The first-order valence-electron chi connectivity index (χ1n) is 0. The fourth-order valence-electron chi connectivity index (χ4n) is 0. The molecule has 8 heteroatoms. The molecule has 0 heterocycles. The summed E-state index contributed by atoms with van der Waals surface area (Å²) in [5, 5.41) is 0. The minimum atomic E-state index is 0. The number of rotatable bonds is 0. The van der Waals surface area contributed by atoms with Crippen LogP contribution in [0.15, 0.2) is 0 Å². The van der Waals surface area contributed by atoms with Crippen LogP contribution in [0.25, 0.3) is 0 Å². The molecule has 0 bridgehead atoms. The normalized spacial score (nSPS) is 0. The fraction of sp³-hybridized carbons (Fsp3) is 0. The Kier molecular flexibility index (Phi) is 1570. The molecule has 0 saturated carbocycles. The third-order valence-electron chi connectivity index (χ3n) is 0. The minimum absolute atomic E-state index is 0. The van der Waals surface area contributed by atoms with Crippen LogP contribution < -0.4 is 74.4 Å². The van der Waals surface area contributed by atoms with Crippen LogP contribution in [0.2, 0.25) is 0 Å². The Bertz CT molecular complexity index is 6.49. The average molecular weight is 358 g/mol. The van der Waals surface area contributed by atoms with Crippen molar-refractivity contribution < 1.29 is 74.4 Å². The molecule has 0 saturated heterocycles. The first-order chi connectivity index (χ1) is 0. The second kappa shape index (κ2) is 95.9. The van der Waals surface area contributed by atoms with E-state index in [1.54, 1.807) is 0 Å². The van der Waals surface area contributed by atoms with Crippen molar-refractivity contribution in [3.63, 3.8) is 0 Å². The van der Waals surface area contributed by atoms with Gasteiger partial charge in [0.25, 0.3) is 0 Å². The van der Waals surface area contributed by atoms with Gasteiger partial charge in [-0.1, -0.05) is 0 Å². The van der Waals surface area contributed by atoms with E-state index in [1.165, 1.54) is 0 Å². The second-order valence-electron chi connectivity index (χ2n) is 0. The number of hydrogen-bond donors (Lipinski definition) is 0. The van der Waals surface area contributed by atoms with Gasteiger partial charge in [-0.3, -0.25) is 0 Å². The van der Waals surface area contributed by atoms with Crippen LogP contribution in [-0.4, -0.2) is 35.2 Å². The van der Waals surface area contributed by atoms with Crippen LogP contribution in [0.3, 0.4) is 0 Å². The molecule has 0 rings (SSSR count). The van der Waals surface area contributed by atoms with Crippen LogP contribution in [-0.2, 0) is 0 Å². The summed E-state index contributed by atoms with van der Waals surface area (Å²) in [6, 6.07) is 0. The van der Waals surface area contributed by atoms with Crippen molar-refractivity contribution in [1.82, 2.24) is 0 Å². The molecule has 0 spiro atoms. The Morgan fingerprint density at radius 2 is 0.250 bits per heavy atom. The largest absolute Gasteiger partial charge is 4.00 e. The summed E-state index contributed by atoms with van der Waals surface area (Å²) in [5.74, 6) is 0. The maximum Gasteiger partial charge on any atom is 4.00 e. The first-order valence-corrected chi connectivity index (χ1v) is 0. The predicted octanol–water partition coefficient (Wildman–Crippen LogP) is -18.7. The fourth-order valence-corrected chi connectivity index (χ4v) is 0. The Morgan fingerprint density at radius 3 is 0.250 bits per heavy atom. The Morgan fingerprint density at radius 1 is 0.250 bits per heavy atom. The van der Waals surface area contributed by atoms with Gasteiger partial charge in [0.1, 0.15) is 0 Å². The molecule has 0 nitrogen and oxygen atoms in total. The van der Waals surface area contributed by atoms with Crippen molar-refractivity contribution in [2.24, 2.45) is 0 Å². The van der Waals surface area contributed by atoms with Crippen LogP contribution in [0.4, 0.5) is 0 Å². The maximum absolute atomic E-state index is 0. The van der Waals surface area contributed by atoms with Gasteiger partial charge < -0.3 is 74.4 Å². The van der Waals surface area contributed by atoms with Gasteiger partial charge in [0.05, 0.1) is 0 Å². The number of halogens is 6. The topological polar surface area (TPSA) is 0 Å². The van der Waals surface area contributed by atoms with Gasteiger partial charge in [-0.05, 0) is 0 Å². The zero-order valence-electron chi connectivity index (χ0n) is 3.27. The van der Waals surface area contributed by atoms with Crippen molar-refractivity contribution in [1.29, 1.82) is 0 Å². The van der Waals surface area contributed by atoms with Gasteiger partial charge in [0, 0.05) is 0 Å². The molecular weight excluding hydrogens is 358 g/mol. The molecular formula is Cl6Ge2+2. The molecule has 0 atom stereocenters. The van der Waals surface area contributed by atoms with Gasteiger partial charge in [-0.25, -0.2) is 0 Å². The molecule has 0 N–H and O–H groups in total. The van der Waals surface area contributed by atoms with Crippen LogP contribution in [0.1, 0.15) is 0 Å². The van der Waals surface area contributed by atoms with Crippen molar-refractivity contribution in [2.75, 3.05) is 0 Å². The summed E-state index contributed by atoms with van der Waals surface area (Å²) in [4.78, 5) is 0. The molecule has 8 heavy (non-hydrogen) atoms. The van der Waals surface area contributed by atoms with Gasteiger partial charge >= 0.3 is 35.2 Å². The molecule has 0 unspecified atom stereocenters. The summed E-state index contributed by atoms with van der Waals surface area (Å²) in [7, 11) is 0. The van der Waals surface area contributed by atoms with E-state index in [0.717, 1.165) is 0 Å². The Labute approximate surface area is 108 Å². The van der Waals surface area contributed by atoms with E-state index in [2.05, 4.69) is 0 Å². The van der Waals surface area contributed by atoms with Gasteiger partial charge in [0.15, 0.2) is 0 Å². The standard InChI is InChI=1S/6ClH.2Ge/h6*1H;;/q;;;;;;2*+4/p-6. The smallest absolute Gasteiger partial charge is 1.00 e. The summed E-state index contributed by atoms with van der Waals surface area (Å²) in [5.41, 5.74) is 0. The van der Waals surface area contributed by atoms with Crippen molar-refractivity contribution in [2.45, 2.75) is 0 Å². The van der Waals surface area contributed by atoms with Gasteiger partial charge in [-0.2, -0.15) is 0 Å². The van der Waals surface area contributed by atoms with Crippen LogP contribution in [0, 0.1) is 0 Å². The zero-order chi connectivity index (χ0) is 0. The predicted molar refractivity (Wildman–Crippen MR) is 11.5 cm³/mol. The molecule has 48 valence electrons. The van der Waals surface area contributed by atoms with E-state index in [-0.39, 0.29) is 110 Å². The summed E-state index contributed by atoms with van der Waals surface area (Å²) in [6.45, 7) is 0. The molecule has 0 aliphatic rings. The van der Waals surface area contributed by atoms with Crippen molar-refractivity contribution in [3.8, 4) is 0 Å². The molecule has 0 aliphatic heterocycles. The van der Waals surface area contributed by atoms with E-state index < -0.39 is 0 Å². The summed E-state index contributed by atoms with van der Waals surface area (Å²) >= 11 is 0. The molecule has 0 amide bonds. The minimum Gasteiger partial charge on any atom is -1.00 e. The molecule has 0 aromatic rings. The van der Waals surface area contributed by atoms with E-state index in [1.807, 2.05) is 0 Å². The van der Waals surface area contributed by atoms with Crippen LogP contribution in [0.5, 0.6) is 0 Å². The van der Waals surface area contributed by atoms with Crippen molar-refractivity contribution in [3.05, 3.63) is 0 Å². The molecule has 0 fully saturated rings. The monoisotopic (exact) mass is 358 g/mol. The van der Waals surface area contributed by atoms with E-state index in [0.29, 0.717) is 0 Å². The zero-order valence-corrected chi connectivity index (χ0v) is 12.0. The molecule has 0 aromatic heterocycles. The molecule has 0 aromatic carbocycles. The van der Waals surface area contributed by atoms with Crippen LogP contribution >= 0.6 is 0 Å². The Hall–Kier alpha value is 2.83. The van der Waals surface area contributed by atoms with E-state index >= 15 is 0 Å². The summed E-state index contributed by atoms with van der Waals surface area (Å²) < 4.78 is 0. The number of hydrogen-bond acceptors (Lipinski definition) is 0. The Balaban J connectivity index is 0. The quantitative estimate of drug-likeness (QED) is 0.378. The first kappa shape index (κ1) is 131. The third kappa shape index (κ3) is 67.7. The van der Waals surface area contributed by atoms with E-state index in [4.69, 9.17) is 0 Å². The summed E-state index contributed by atoms with van der Waals surface area (Å²) in [6.07, 6.45) is 0. The average Bonchev–Trinajstić information content (AvgIpc) is 0. The molecule has 0 aliphatic carbocycles. The maximum atomic E-state index is 0. The second-order valence-corrected chi connectivity index (χ2v) is 0. The van der Waals surface area contributed by atoms with Gasteiger partial charge in [0.2, 0.25) is 0 Å². The van der Waals surface area contributed by atoms with E-state index in [9.17, 15) is 0 Å². The van der Waals surface area contributed by atoms with Gasteiger partial charge in [-0.15, -0.1) is 0 Å².